The van der Waals surface area contributed by atoms with Gasteiger partial charge in [-0.3, -0.25) is 4.99 Å². The van der Waals surface area contributed by atoms with Gasteiger partial charge in [0.2, 0.25) is 0 Å². The summed E-state index contributed by atoms with van der Waals surface area (Å²) >= 11 is 1.90. The largest absolute Gasteiger partial charge is 0.362 e. The van der Waals surface area contributed by atoms with Gasteiger partial charge in [0.05, 0.1) is 23.1 Å². The van der Waals surface area contributed by atoms with E-state index in [4.69, 9.17) is 4.99 Å². The lowest BCUT2D eigenvalue weighted by Gasteiger charge is -2.36. The summed E-state index contributed by atoms with van der Waals surface area (Å²) in [4.78, 5) is 8.07. The lowest BCUT2D eigenvalue weighted by atomic mass is 9.80. The first-order chi connectivity index (χ1) is 24.4. The second-order valence-electron chi connectivity index (χ2n) is 14.8. The van der Waals surface area contributed by atoms with E-state index in [0.717, 1.165) is 12.1 Å². The Morgan fingerprint density at radius 1 is 0.720 bits per heavy atom. The molecule has 3 aliphatic rings. The monoisotopic (exact) mass is 662 g/mol. The fraction of sp³-hybridized carbons (Fsp3) is 0.170. The molecule has 6 aromatic carbocycles. The average molecular weight is 663 g/mol. The first kappa shape index (κ1) is 29.6. The van der Waals surface area contributed by atoms with Crippen molar-refractivity contribution in [3.8, 4) is 22.3 Å². The zero-order valence-corrected chi connectivity index (χ0v) is 29.7. The number of nitrogens with zero attached hydrogens (tertiary/aromatic N) is 2. The molecule has 0 radical (unpaired) electrons. The molecule has 0 amide bonds. The molecular weight excluding hydrogens is 625 g/mol. The maximum atomic E-state index is 5.60. The second-order valence-corrected chi connectivity index (χ2v) is 15.9. The summed E-state index contributed by atoms with van der Waals surface area (Å²) in [5, 5.41) is 2.67. The van der Waals surface area contributed by atoms with Gasteiger partial charge < -0.3 is 4.90 Å². The molecule has 7 aromatic rings. The summed E-state index contributed by atoms with van der Waals surface area (Å²) in [5.41, 5.74) is 16.7. The minimum absolute atomic E-state index is 0.0384. The van der Waals surface area contributed by atoms with Crippen LogP contribution in [0.3, 0.4) is 0 Å². The van der Waals surface area contributed by atoms with Gasteiger partial charge in [0, 0.05) is 38.6 Å². The van der Waals surface area contributed by atoms with Crippen molar-refractivity contribution in [2.24, 2.45) is 10.9 Å². The van der Waals surface area contributed by atoms with E-state index in [0.29, 0.717) is 5.92 Å². The van der Waals surface area contributed by atoms with E-state index in [2.05, 4.69) is 166 Å². The zero-order valence-electron chi connectivity index (χ0n) is 28.9. The molecule has 2 unspecified atom stereocenters. The van der Waals surface area contributed by atoms with Crippen molar-refractivity contribution < 1.29 is 0 Å². The topological polar surface area (TPSA) is 15.6 Å². The summed E-state index contributed by atoms with van der Waals surface area (Å²) in [6.07, 6.45) is 5.67. The molecule has 0 saturated carbocycles. The van der Waals surface area contributed by atoms with Gasteiger partial charge in [0.15, 0.2) is 0 Å². The van der Waals surface area contributed by atoms with Crippen LogP contribution in [-0.4, -0.2) is 12.8 Å². The molecule has 0 spiro atoms. The fourth-order valence-electron chi connectivity index (χ4n) is 9.04. The molecule has 242 valence electrons. The molecule has 50 heavy (non-hydrogen) atoms. The van der Waals surface area contributed by atoms with E-state index in [9.17, 15) is 0 Å². The Bertz CT molecular complexity index is 2600. The van der Waals surface area contributed by atoms with Crippen molar-refractivity contribution in [1.82, 2.24) is 0 Å². The molecule has 2 atom stereocenters. The molecule has 10 rings (SSSR count). The second kappa shape index (κ2) is 10.9. The highest BCUT2D eigenvalue weighted by molar-refractivity contribution is 7.26. The summed E-state index contributed by atoms with van der Waals surface area (Å²) in [7, 11) is 2.26. The highest BCUT2D eigenvalue weighted by Crippen LogP contribution is 2.51. The normalized spacial score (nSPS) is 18.5. The summed E-state index contributed by atoms with van der Waals surface area (Å²) < 4.78 is 2.69. The van der Waals surface area contributed by atoms with E-state index in [1.165, 1.54) is 87.2 Å². The van der Waals surface area contributed by atoms with Gasteiger partial charge in [0.25, 0.3) is 0 Å². The van der Waals surface area contributed by atoms with Crippen LogP contribution in [0.4, 0.5) is 11.4 Å². The molecule has 2 nitrogen and oxygen atoms in total. The van der Waals surface area contributed by atoms with Crippen molar-refractivity contribution in [2.75, 3.05) is 11.9 Å². The summed E-state index contributed by atoms with van der Waals surface area (Å²) in [6, 6.07) is 45.2. The van der Waals surface area contributed by atoms with Crippen molar-refractivity contribution >= 4 is 54.7 Å². The smallest absolute Gasteiger partial charge is 0.0905 e. The average Bonchev–Trinajstić information content (AvgIpc) is 3.63. The van der Waals surface area contributed by atoms with Crippen molar-refractivity contribution in [1.29, 1.82) is 0 Å². The Kier molecular flexibility index (Phi) is 6.45. The molecule has 1 aromatic heterocycles. The van der Waals surface area contributed by atoms with Crippen molar-refractivity contribution in [3.63, 3.8) is 0 Å². The first-order valence-corrected chi connectivity index (χ1v) is 18.6. The Labute approximate surface area is 298 Å². The highest BCUT2D eigenvalue weighted by atomic mass is 32.1. The lowest BCUT2D eigenvalue weighted by molar-refractivity contribution is 0.660. The third-order valence-corrected chi connectivity index (χ3v) is 12.8. The minimum atomic E-state index is -0.0384. The van der Waals surface area contributed by atoms with Crippen LogP contribution >= 0.6 is 11.3 Å². The zero-order chi connectivity index (χ0) is 33.7. The molecule has 0 N–H and O–H groups in total. The van der Waals surface area contributed by atoms with Gasteiger partial charge in [-0.2, -0.15) is 0 Å². The SMILES string of the molecule is CC1Cc2ccc3c(c2N=C1c1ccc2c(c1)C(C)(C)c1ccccc1-2)N(C)C(c1ccccc1-c1cccc2c1sc1ccccc12)C=C3. The quantitative estimate of drug-likeness (QED) is 0.184. The predicted molar refractivity (Wildman–Crippen MR) is 214 cm³/mol. The van der Waals surface area contributed by atoms with Crippen LogP contribution in [0.15, 0.2) is 132 Å². The van der Waals surface area contributed by atoms with Gasteiger partial charge in [-0.25, -0.2) is 0 Å². The number of hydrogen-bond acceptors (Lipinski definition) is 3. The third kappa shape index (κ3) is 4.23. The maximum absolute atomic E-state index is 5.60. The van der Waals surface area contributed by atoms with Crippen LogP contribution in [0.1, 0.15) is 60.2 Å². The van der Waals surface area contributed by atoms with Crippen LogP contribution < -0.4 is 4.90 Å². The van der Waals surface area contributed by atoms with E-state index in [1.54, 1.807) is 0 Å². The number of hydrogen-bond donors (Lipinski definition) is 0. The Balaban J connectivity index is 1.08. The van der Waals surface area contributed by atoms with E-state index in [-0.39, 0.29) is 11.5 Å². The van der Waals surface area contributed by atoms with E-state index < -0.39 is 0 Å². The van der Waals surface area contributed by atoms with Gasteiger partial charge in [-0.15, -0.1) is 11.3 Å². The number of rotatable bonds is 3. The van der Waals surface area contributed by atoms with Crippen molar-refractivity contribution in [2.45, 2.75) is 38.6 Å². The van der Waals surface area contributed by atoms with Crippen molar-refractivity contribution in [3.05, 3.63) is 161 Å². The van der Waals surface area contributed by atoms with Crippen LogP contribution in [0.25, 0.3) is 48.5 Å². The Morgan fingerprint density at radius 3 is 2.36 bits per heavy atom. The summed E-state index contributed by atoms with van der Waals surface area (Å²) in [6.45, 7) is 7.06. The molecule has 0 bridgehead atoms. The number of fused-ring (bicyclic) bond motifs is 9. The molecule has 1 aliphatic carbocycles. The van der Waals surface area contributed by atoms with Crippen LogP contribution in [0, 0.1) is 5.92 Å². The van der Waals surface area contributed by atoms with Crippen LogP contribution in [-0.2, 0) is 11.8 Å². The summed E-state index contributed by atoms with van der Waals surface area (Å²) in [5.74, 6) is 0.327. The van der Waals surface area contributed by atoms with Crippen LogP contribution in [0.2, 0.25) is 0 Å². The number of aliphatic imine (C=N–C) groups is 1. The first-order valence-electron chi connectivity index (χ1n) is 17.8. The van der Waals surface area contributed by atoms with Gasteiger partial charge in [-0.1, -0.05) is 142 Å². The Morgan fingerprint density at radius 2 is 1.46 bits per heavy atom. The van der Waals surface area contributed by atoms with Crippen LogP contribution in [0.5, 0.6) is 0 Å². The van der Waals surface area contributed by atoms with Gasteiger partial charge >= 0.3 is 0 Å². The predicted octanol–water partition coefficient (Wildman–Crippen LogP) is 12.5. The molecular formula is C47H38N2S. The third-order valence-electron chi connectivity index (χ3n) is 11.6. The van der Waals surface area contributed by atoms with Gasteiger partial charge in [0.1, 0.15) is 0 Å². The molecule has 0 saturated heterocycles. The standard InChI is InChI=1S/C47H38N2S/c1-28-26-30-21-20-29-23-25-41(35-14-6-5-12-32(35)37-16-11-17-38-36-15-8-10-19-42(36)50-46(37)38)49(4)45(29)44(30)48-43(28)31-22-24-34-33-13-7-9-18-39(33)47(2,3)40(34)27-31/h5-25,27-28,41H,26H2,1-4H3. The van der Waals surface area contributed by atoms with E-state index in [1.807, 2.05) is 11.3 Å². The van der Waals surface area contributed by atoms with E-state index >= 15 is 0 Å². The molecule has 2 aliphatic heterocycles. The number of anilines is 1. The minimum Gasteiger partial charge on any atom is -0.362 e. The molecule has 3 heterocycles. The molecule has 0 fully saturated rings. The fourth-order valence-corrected chi connectivity index (χ4v) is 10.3. The maximum Gasteiger partial charge on any atom is 0.0905 e. The number of benzene rings is 6. The molecule has 3 heteroatoms. The lowest BCUT2D eigenvalue weighted by Crippen LogP contribution is -2.28. The highest BCUT2D eigenvalue weighted by Gasteiger charge is 2.36. The number of likely N-dealkylation sites (N-methyl/N-ethyl adjacent to an activating group) is 1. The number of thiophene rings is 1. The van der Waals surface area contributed by atoms with Gasteiger partial charge in [-0.05, 0) is 74.2 Å². The Hall–Kier alpha value is -5.25.